The first-order chi connectivity index (χ1) is 8.28. The number of rotatable bonds is 3. The van der Waals surface area contributed by atoms with E-state index in [9.17, 15) is 0 Å². The van der Waals surface area contributed by atoms with E-state index >= 15 is 0 Å². The van der Waals surface area contributed by atoms with Gasteiger partial charge in [0.05, 0.1) is 24.0 Å². The van der Waals surface area contributed by atoms with Gasteiger partial charge in [-0.25, -0.2) is 4.98 Å². The van der Waals surface area contributed by atoms with Crippen LogP contribution in [0.15, 0.2) is 6.07 Å². The van der Waals surface area contributed by atoms with E-state index in [1.807, 2.05) is 4.57 Å². The van der Waals surface area contributed by atoms with Gasteiger partial charge < -0.3 is 9.30 Å². The zero-order chi connectivity index (χ0) is 11.8. The summed E-state index contributed by atoms with van der Waals surface area (Å²) in [5.74, 6) is 1.11. The second kappa shape index (κ2) is 4.40. The molecule has 5 nitrogen and oxygen atoms in total. The summed E-state index contributed by atoms with van der Waals surface area (Å²) in [5, 5.41) is 8.08. The number of hydrogen-bond acceptors (Lipinski definition) is 4. The summed E-state index contributed by atoms with van der Waals surface area (Å²) in [6, 6.07) is 1.76. The Hall–Kier alpha value is -0.910. The van der Waals surface area contributed by atoms with Gasteiger partial charge in [-0.15, -0.1) is 21.8 Å². The van der Waals surface area contributed by atoms with Crippen LogP contribution in [0.4, 0.5) is 0 Å². The third kappa shape index (κ3) is 1.99. The molecule has 0 amide bonds. The minimum atomic E-state index is 0.237. The zero-order valence-electron chi connectivity index (χ0n) is 8.94. The molecule has 1 unspecified atom stereocenters. The average molecular weight is 273 g/mol. The van der Waals surface area contributed by atoms with Gasteiger partial charge in [-0.05, 0) is 6.42 Å². The minimum Gasteiger partial charge on any atom is -0.376 e. The largest absolute Gasteiger partial charge is 0.376 e. The molecule has 1 aliphatic rings. The molecule has 0 spiro atoms. The minimum absolute atomic E-state index is 0.237. The molecule has 0 aliphatic carbocycles. The first-order valence-electron chi connectivity index (χ1n) is 5.34. The van der Waals surface area contributed by atoms with Crippen molar-refractivity contribution in [2.45, 2.75) is 24.9 Å². The van der Waals surface area contributed by atoms with Crippen LogP contribution in [0.25, 0.3) is 11.2 Å². The van der Waals surface area contributed by atoms with Gasteiger partial charge in [0.2, 0.25) is 0 Å². The van der Waals surface area contributed by atoms with Crippen molar-refractivity contribution >= 4 is 34.4 Å². The molecule has 3 heterocycles. The van der Waals surface area contributed by atoms with Gasteiger partial charge >= 0.3 is 0 Å². The molecular formula is C10H10Cl2N4O. The van der Waals surface area contributed by atoms with E-state index in [2.05, 4.69) is 15.2 Å². The fourth-order valence-corrected chi connectivity index (χ4v) is 2.24. The number of nitrogens with zero attached hydrogens (tertiary/aromatic N) is 4. The Kier molecular flexibility index (Phi) is 2.90. The van der Waals surface area contributed by atoms with Crippen molar-refractivity contribution in [1.29, 1.82) is 0 Å². The maximum absolute atomic E-state index is 5.88. The van der Waals surface area contributed by atoms with Crippen LogP contribution in [0.2, 0.25) is 5.15 Å². The summed E-state index contributed by atoms with van der Waals surface area (Å²) in [7, 11) is 0. The fraction of sp³-hybridized carbons (Fsp3) is 0.500. The number of alkyl halides is 1. The van der Waals surface area contributed by atoms with Crippen LogP contribution in [0, 0.1) is 0 Å². The number of fused-ring (bicyclic) bond motifs is 1. The molecule has 90 valence electrons. The normalized spacial score (nSPS) is 19.5. The van der Waals surface area contributed by atoms with E-state index < -0.39 is 0 Å². The van der Waals surface area contributed by atoms with Gasteiger partial charge in [0.1, 0.15) is 5.82 Å². The Morgan fingerprint density at radius 2 is 2.29 bits per heavy atom. The lowest BCUT2D eigenvalue weighted by molar-refractivity contribution is -0.0589. The molecule has 0 bridgehead atoms. The van der Waals surface area contributed by atoms with Crippen molar-refractivity contribution in [3.63, 3.8) is 0 Å². The predicted molar refractivity (Wildman–Crippen MR) is 64.2 cm³/mol. The number of imidazole rings is 1. The summed E-state index contributed by atoms with van der Waals surface area (Å²) in [6.07, 6.45) is 1.30. The van der Waals surface area contributed by atoms with E-state index in [0.717, 1.165) is 30.9 Å². The van der Waals surface area contributed by atoms with E-state index in [-0.39, 0.29) is 6.10 Å². The summed E-state index contributed by atoms with van der Waals surface area (Å²) in [5.41, 5.74) is 1.43. The van der Waals surface area contributed by atoms with Gasteiger partial charge in [0.15, 0.2) is 10.8 Å². The highest BCUT2D eigenvalue weighted by molar-refractivity contribution is 6.29. The predicted octanol–water partition coefficient (Wildman–Crippen LogP) is 2.01. The first kappa shape index (κ1) is 11.2. The number of ether oxygens (including phenoxy) is 1. The fourth-order valence-electron chi connectivity index (χ4n) is 1.89. The Labute approximate surface area is 108 Å². The summed E-state index contributed by atoms with van der Waals surface area (Å²) >= 11 is 11.7. The molecule has 2 aromatic heterocycles. The molecule has 1 saturated heterocycles. The van der Waals surface area contributed by atoms with E-state index in [1.165, 1.54) is 0 Å². The van der Waals surface area contributed by atoms with Gasteiger partial charge in [0, 0.05) is 12.7 Å². The molecule has 0 radical (unpaired) electrons. The molecule has 7 heteroatoms. The van der Waals surface area contributed by atoms with Crippen LogP contribution in [0.3, 0.4) is 0 Å². The summed E-state index contributed by atoms with van der Waals surface area (Å²) in [6.45, 7) is 1.56. The Bertz CT molecular complexity index is 552. The van der Waals surface area contributed by atoms with Crippen LogP contribution in [0.5, 0.6) is 0 Å². The van der Waals surface area contributed by atoms with Crippen molar-refractivity contribution in [3.05, 3.63) is 17.0 Å². The molecule has 0 saturated carbocycles. The van der Waals surface area contributed by atoms with Gasteiger partial charge in [-0.1, -0.05) is 11.6 Å². The number of halogens is 2. The van der Waals surface area contributed by atoms with Crippen molar-refractivity contribution in [3.8, 4) is 0 Å². The molecule has 3 rings (SSSR count). The molecule has 1 fully saturated rings. The maximum atomic E-state index is 5.88. The molecule has 0 aromatic carbocycles. The molecular weight excluding hydrogens is 263 g/mol. The lowest BCUT2D eigenvalue weighted by Gasteiger charge is -2.27. The van der Waals surface area contributed by atoms with Crippen molar-refractivity contribution in [1.82, 2.24) is 19.7 Å². The van der Waals surface area contributed by atoms with Gasteiger partial charge in [0.25, 0.3) is 0 Å². The second-order valence-electron chi connectivity index (χ2n) is 3.93. The Balaban J connectivity index is 2.07. The second-order valence-corrected chi connectivity index (χ2v) is 4.58. The van der Waals surface area contributed by atoms with E-state index in [0.29, 0.717) is 16.7 Å². The number of aromatic nitrogens is 4. The monoisotopic (exact) mass is 272 g/mol. The van der Waals surface area contributed by atoms with Crippen molar-refractivity contribution in [2.24, 2.45) is 0 Å². The molecule has 1 atom stereocenters. The SMILES string of the molecule is ClCc1nc2nnc(Cl)cc2n1CC1CCO1. The average Bonchev–Trinajstić information content (AvgIpc) is 2.61. The van der Waals surface area contributed by atoms with Crippen LogP contribution in [0.1, 0.15) is 12.2 Å². The molecule has 1 aliphatic heterocycles. The van der Waals surface area contributed by atoms with Crippen molar-refractivity contribution in [2.75, 3.05) is 6.61 Å². The maximum Gasteiger partial charge on any atom is 0.200 e. The molecule has 17 heavy (non-hydrogen) atoms. The van der Waals surface area contributed by atoms with Gasteiger partial charge in [-0.3, -0.25) is 0 Å². The van der Waals surface area contributed by atoms with E-state index in [4.69, 9.17) is 27.9 Å². The van der Waals surface area contributed by atoms with Crippen molar-refractivity contribution < 1.29 is 4.74 Å². The topological polar surface area (TPSA) is 52.8 Å². The smallest absolute Gasteiger partial charge is 0.200 e. The summed E-state index contributed by atoms with van der Waals surface area (Å²) in [4.78, 5) is 4.33. The first-order valence-corrected chi connectivity index (χ1v) is 6.25. The molecule has 2 aromatic rings. The van der Waals surface area contributed by atoms with Crippen LogP contribution in [-0.2, 0) is 17.2 Å². The standard InChI is InChI=1S/C10H10Cl2N4O/c11-4-9-13-10-7(3-8(12)14-15-10)16(9)5-6-1-2-17-6/h3,6H,1-2,4-5H2. The lowest BCUT2D eigenvalue weighted by atomic mass is 10.2. The highest BCUT2D eigenvalue weighted by atomic mass is 35.5. The highest BCUT2D eigenvalue weighted by Crippen LogP contribution is 2.21. The summed E-state index contributed by atoms with van der Waals surface area (Å²) < 4.78 is 7.43. The lowest BCUT2D eigenvalue weighted by Crippen LogP contribution is -2.31. The Morgan fingerprint density at radius 1 is 1.47 bits per heavy atom. The van der Waals surface area contributed by atoms with Gasteiger partial charge in [-0.2, -0.15) is 0 Å². The third-order valence-corrected chi connectivity index (χ3v) is 3.29. The van der Waals surface area contributed by atoms with Crippen LogP contribution < -0.4 is 0 Å². The van der Waals surface area contributed by atoms with E-state index in [1.54, 1.807) is 6.07 Å². The highest BCUT2D eigenvalue weighted by Gasteiger charge is 2.22. The molecule has 0 N–H and O–H groups in total. The van der Waals surface area contributed by atoms with Crippen LogP contribution >= 0.6 is 23.2 Å². The van der Waals surface area contributed by atoms with Crippen LogP contribution in [-0.4, -0.2) is 32.5 Å². The number of hydrogen-bond donors (Lipinski definition) is 0. The Morgan fingerprint density at radius 3 is 2.94 bits per heavy atom. The zero-order valence-corrected chi connectivity index (χ0v) is 10.4. The quantitative estimate of drug-likeness (QED) is 0.803. The third-order valence-electron chi connectivity index (χ3n) is 2.86.